The van der Waals surface area contributed by atoms with E-state index in [0.717, 1.165) is 37.2 Å². The lowest BCUT2D eigenvalue weighted by molar-refractivity contribution is -0.115. The smallest absolute Gasteiger partial charge is 0.238 e. The van der Waals surface area contributed by atoms with Crippen LogP contribution in [0.4, 0.5) is 5.69 Å². The van der Waals surface area contributed by atoms with Gasteiger partial charge < -0.3 is 20.3 Å². The maximum atomic E-state index is 12.2. The average Bonchev–Trinajstić information content (AvgIpc) is 2.55. The molecule has 0 aromatic heterocycles. The van der Waals surface area contributed by atoms with Crippen LogP contribution in [0.15, 0.2) is 18.2 Å². The zero-order valence-corrected chi connectivity index (χ0v) is 14.5. The molecule has 1 heterocycles. The highest BCUT2D eigenvalue weighted by Crippen LogP contribution is 2.24. The monoisotopic (exact) mass is 319 g/mol. The molecule has 0 spiro atoms. The third kappa shape index (κ3) is 5.52. The highest BCUT2D eigenvalue weighted by molar-refractivity contribution is 5.93. The van der Waals surface area contributed by atoms with Crippen LogP contribution in [0.1, 0.15) is 31.7 Å². The van der Waals surface area contributed by atoms with E-state index in [9.17, 15) is 4.79 Å². The number of nitrogens with one attached hydrogen (secondary N) is 2. The van der Waals surface area contributed by atoms with Gasteiger partial charge in [0.15, 0.2) is 0 Å². The van der Waals surface area contributed by atoms with Crippen molar-refractivity contribution in [3.05, 3.63) is 23.8 Å². The zero-order chi connectivity index (χ0) is 16.7. The lowest BCUT2D eigenvalue weighted by Crippen LogP contribution is -2.44. The van der Waals surface area contributed by atoms with E-state index in [-0.39, 0.29) is 5.91 Å². The fourth-order valence-corrected chi connectivity index (χ4v) is 3.03. The zero-order valence-electron chi connectivity index (χ0n) is 14.5. The molecule has 1 amide bonds. The predicted octanol–water partition coefficient (Wildman–Crippen LogP) is 2.41. The van der Waals surface area contributed by atoms with Gasteiger partial charge in [-0.3, -0.25) is 4.79 Å². The second-order valence-corrected chi connectivity index (χ2v) is 6.25. The summed E-state index contributed by atoms with van der Waals surface area (Å²) < 4.78 is 5.29. The Balaban J connectivity index is 1.77. The summed E-state index contributed by atoms with van der Waals surface area (Å²) in [6.45, 7) is 7.99. The van der Waals surface area contributed by atoms with Crippen LogP contribution in [0.5, 0.6) is 5.75 Å². The number of piperidine rings is 1. The lowest BCUT2D eigenvalue weighted by Gasteiger charge is -2.32. The normalized spacial score (nSPS) is 16.3. The Morgan fingerprint density at radius 1 is 1.35 bits per heavy atom. The minimum atomic E-state index is -0.0233. The summed E-state index contributed by atoms with van der Waals surface area (Å²) in [5.74, 6) is 0.668. The van der Waals surface area contributed by atoms with Gasteiger partial charge in [-0.25, -0.2) is 0 Å². The van der Waals surface area contributed by atoms with Crippen LogP contribution in [-0.2, 0) is 4.79 Å². The Hall–Kier alpha value is -1.59. The van der Waals surface area contributed by atoms with Crippen LogP contribution in [0, 0.1) is 6.92 Å². The quantitative estimate of drug-likeness (QED) is 0.810. The second-order valence-electron chi connectivity index (χ2n) is 6.25. The molecule has 0 bridgehead atoms. The van der Waals surface area contributed by atoms with E-state index in [4.69, 9.17) is 4.74 Å². The van der Waals surface area contributed by atoms with Crippen LogP contribution in [0.25, 0.3) is 0 Å². The SMILES string of the molecule is CCCN1CCC(NCC(=O)Nc2cc(C)ccc2OC)CC1. The van der Waals surface area contributed by atoms with Crippen molar-refractivity contribution in [1.82, 2.24) is 10.2 Å². The summed E-state index contributed by atoms with van der Waals surface area (Å²) in [7, 11) is 1.61. The number of likely N-dealkylation sites (tertiary alicyclic amines) is 1. The number of ether oxygens (including phenoxy) is 1. The molecule has 1 saturated heterocycles. The number of carbonyl (C=O) groups excluding carboxylic acids is 1. The molecule has 1 aromatic carbocycles. The molecule has 1 fully saturated rings. The molecule has 1 aromatic rings. The summed E-state index contributed by atoms with van der Waals surface area (Å²) in [5.41, 5.74) is 1.83. The molecule has 1 aliphatic rings. The van der Waals surface area contributed by atoms with E-state index in [2.05, 4.69) is 22.5 Å². The van der Waals surface area contributed by atoms with E-state index in [0.29, 0.717) is 18.3 Å². The molecular formula is C18H29N3O2. The Morgan fingerprint density at radius 2 is 2.09 bits per heavy atom. The standard InChI is InChI=1S/C18H29N3O2/c1-4-9-21-10-7-15(8-11-21)19-13-18(22)20-16-12-14(2)5-6-17(16)23-3/h5-6,12,15,19H,4,7-11,13H2,1-3H3,(H,20,22). The first-order chi connectivity index (χ1) is 11.1. The summed E-state index contributed by atoms with van der Waals surface area (Å²) in [5, 5.41) is 6.31. The number of hydrogen-bond acceptors (Lipinski definition) is 4. The van der Waals surface area contributed by atoms with Gasteiger partial charge in [0.2, 0.25) is 5.91 Å². The van der Waals surface area contributed by atoms with Crippen molar-refractivity contribution in [2.45, 2.75) is 39.2 Å². The lowest BCUT2D eigenvalue weighted by atomic mass is 10.0. The van der Waals surface area contributed by atoms with Gasteiger partial charge in [0.1, 0.15) is 5.75 Å². The Morgan fingerprint density at radius 3 is 2.74 bits per heavy atom. The largest absolute Gasteiger partial charge is 0.495 e. The number of amides is 1. The first-order valence-corrected chi connectivity index (χ1v) is 8.52. The Kier molecular flexibility index (Phi) is 6.86. The van der Waals surface area contributed by atoms with Crippen molar-refractivity contribution in [1.29, 1.82) is 0 Å². The van der Waals surface area contributed by atoms with E-state index < -0.39 is 0 Å². The van der Waals surface area contributed by atoms with Gasteiger partial charge in [0.05, 0.1) is 19.3 Å². The van der Waals surface area contributed by atoms with Gasteiger partial charge in [-0.2, -0.15) is 0 Å². The van der Waals surface area contributed by atoms with Gasteiger partial charge in [0.25, 0.3) is 0 Å². The number of carbonyl (C=O) groups is 1. The van der Waals surface area contributed by atoms with Crippen molar-refractivity contribution in [2.24, 2.45) is 0 Å². The molecular weight excluding hydrogens is 290 g/mol. The van der Waals surface area contributed by atoms with Crippen molar-refractivity contribution in [2.75, 3.05) is 38.6 Å². The third-order valence-electron chi connectivity index (χ3n) is 4.31. The summed E-state index contributed by atoms with van der Waals surface area (Å²) in [6, 6.07) is 6.21. The van der Waals surface area contributed by atoms with E-state index >= 15 is 0 Å². The van der Waals surface area contributed by atoms with Crippen LogP contribution < -0.4 is 15.4 Å². The Bertz CT molecular complexity index is 511. The molecule has 1 aliphatic heterocycles. The molecule has 0 unspecified atom stereocenters. The van der Waals surface area contributed by atoms with E-state index in [1.807, 2.05) is 25.1 Å². The molecule has 5 nitrogen and oxygen atoms in total. The van der Waals surface area contributed by atoms with Crippen LogP contribution >= 0.6 is 0 Å². The maximum absolute atomic E-state index is 12.2. The average molecular weight is 319 g/mol. The number of aryl methyl sites for hydroxylation is 1. The van der Waals surface area contributed by atoms with Crippen LogP contribution in [-0.4, -0.2) is 50.1 Å². The van der Waals surface area contributed by atoms with E-state index in [1.54, 1.807) is 7.11 Å². The molecule has 2 N–H and O–H groups in total. The number of nitrogens with zero attached hydrogens (tertiary/aromatic N) is 1. The molecule has 5 heteroatoms. The van der Waals surface area contributed by atoms with Gasteiger partial charge in [-0.05, 0) is 63.5 Å². The minimum absolute atomic E-state index is 0.0233. The van der Waals surface area contributed by atoms with Gasteiger partial charge in [0, 0.05) is 6.04 Å². The Labute approximate surface area is 139 Å². The first-order valence-electron chi connectivity index (χ1n) is 8.52. The number of methoxy groups -OCH3 is 1. The molecule has 128 valence electrons. The van der Waals surface area contributed by atoms with Gasteiger partial charge in [-0.15, -0.1) is 0 Å². The molecule has 0 aliphatic carbocycles. The summed E-state index contributed by atoms with van der Waals surface area (Å²) >= 11 is 0. The number of benzene rings is 1. The summed E-state index contributed by atoms with van der Waals surface area (Å²) in [6.07, 6.45) is 3.43. The van der Waals surface area contributed by atoms with Crippen molar-refractivity contribution < 1.29 is 9.53 Å². The third-order valence-corrected chi connectivity index (χ3v) is 4.31. The number of rotatable bonds is 7. The van der Waals surface area contributed by atoms with Crippen molar-refractivity contribution in [3.8, 4) is 5.75 Å². The highest BCUT2D eigenvalue weighted by Gasteiger charge is 2.19. The van der Waals surface area contributed by atoms with Crippen LogP contribution in [0.2, 0.25) is 0 Å². The molecule has 0 atom stereocenters. The van der Waals surface area contributed by atoms with Crippen molar-refractivity contribution >= 4 is 11.6 Å². The minimum Gasteiger partial charge on any atom is -0.495 e. The topological polar surface area (TPSA) is 53.6 Å². The first kappa shape index (κ1) is 17.8. The highest BCUT2D eigenvalue weighted by atomic mass is 16.5. The fraction of sp³-hybridized carbons (Fsp3) is 0.611. The van der Waals surface area contributed by atoms with Gasteiger partial charge >= 0.3 is 0 Å². The number of hydrogen-bond donors (Lipinski definition) is 2. The predicted molar refractivity (Wildman–Crippen MR) is 94.1 cm³/mol. The second kappa shape index (κ2) is 8.89. The number of anilines is 1. The molecule has 23 heavy (non-hydrogen) atoms. The van der Waals surface area contributed by atoms with Crippen molar-refractivity contribution in [3.63, 3.8) is 0 Å². The fourth-order valence-electron chi connectivity index (χ4n) is 3.03. The van der Waals surface area contributed by atoms with Crippen LogP contribution in [0.3, 0.4) is 0 Å². The van der Waals surface area contributed by atoms with E-state index in [1.165, 1.54) is 13.0 Å². The molecule has 0 saturated carbocycles. The molecule has 0 radical (unpaired) electrons. The molecule has 2 rings (SSSR count). The maximum Gasteiger partial charge on any atom is 0.238 e. The van der Waals surface area contributed by atoms with Gasteiger partial charge in [-0.1, -0.05) is 13.0 Å². The summed E-state index contributed by atoms with van der Waals surface area (Å²) in [4.78, 5) is 14.7.